The molecule has 0 nitrogen and oxygen atoms in total. The molecule has 0 saturated heterocycles. The summed E-state index contributed by atoms with van der Waals surface area (Å²) < 4.78 is 130. The lowest BCUT2D eigenvalue weighted by Gasteiger charge is -2.36. The van der Waals surface area contributed by atoms with E-state index in [1.54, 1.807) is 0 Å². The molecule has 0 N–H and O–H groups in total. The molecule has 0 rings (SSSR count). The number of halogens is 11. The van der Waals surface area contributed by atoms with Crippen LogP contribution >= 0.6 is 0 Å². The minimum absolute atomic E-state index is 3.18. The smallest absolute Gasteiger partial charge is 0.212 e. The minimum Gasteiger partial charge on any atom is -0.212 e. The maximum atomic E-state index is 12.2. The van der Waals surface area contributed by atoms with E-state index in [9.17, 15) is 48.3 Å². The molecule has 0 heterocycles. The Labute approximate surface area is 87.2 Å². The summed E-state index contributed by atoms with van der Waals surface area (Å²) in [5, 5.41) is 0. The topological polar surface area (TPSA) is 0 Å². The molecule has 0 spiro atoms. The Hall–Kier alpha value is -0.705. The molecule has 2 radical (unpaired) electrons. The van der Waals surface area contributed by atoms with Gasteiger partial charge in [0.25, 0.3) is 5.82 Å². The molecule has 0 aromatic heterocycles. The van der Waals surface area contributed by atoms with Crippen molar-refractivity contribution in [1.29, 1.82) is 0 Å². The van der Waals surface area contributed by atoms with Crippen molar-refractivity contribution in [2.24, 2.45) is 0 Å². The van der Waals surface area contributed by atoms with Gasteiger partial charge in [0.2, 0.25) is 0 Å². The Balaban J connectivity index is 5.73. The monoisotopic (exact) mass is 280 g/mol. The predicted octanol–water partition coefficient (Wildman–Crippen LogP) is 3.22. The van der Waals surface area contributed by atoms with E-state index in [1.807, 2.05) is 0 Å². The van der Waals surface area contributed by atoms with Gasteiger partial charge in [0.1, 0.15) is 0 Å². The Morgan fingerprint density at radius 2 is 0.765 bits per heavy atom. The highest BCUT2D eigenvalue weighted by Gasteiger charge is 2.85. The van der Waals surface area contributed by atoms with Gasteiger partial charge in [0, 0.05) is 0 Å². The van der Waals surface area contributed by atoms with Crippen LogP contribution < -0.4 is 0 Å². The number of hydrogen-bond acceptors (Lipinski definition) is 0. The maximum absolute atomic E-state index is 12.2. The Kier molecular flexibility index (Phi) is 3.49. The van der Waals surface area contributed by atoms with Gasteiger partial charge in [-0.2, -0.15) is 39.5 Å². The maximum Gasteiger partial charge on any atom is 0.460 e. The van der Waals surface area contributed by atoms with Gasteiger partial charge in [-0.25, -0.2) is 8.78 Å². The van der Waals surface area contributed by atoms with Crippen LogP contribution in [0.3, 0.4) is 0 Å². The predicted molar refractivity (Wildman–Crippen MR) is 31.6 cm³/mol. The molecule has 0 unspecified atom stereocenters. The molecule has 0 aliphatic rings. The molecule has 0 fully saturated rings. The normalized spacial score (nSPS) is 16.2. The van der Waals surface area contributed by atoms with Gasteiger partial charge in [-0.15, -0.1) is 0 Å². The fourth-order valence-electron chi connectivity index (χ4n) is 0.584. The van der Waals surface area contributed by atoms with Crippen molar-refractivity contribution in [2.75, 3.05) is 0 Å². The van der Waals surface area contributed by atoms with Gasteiger partial charge in [-0.05, 0) is 0 Å². The van der Waals surface area contributed by atoms with E-state index in [0.29, 0.717) is 0 Å². The zero-order valence-electron chi connectivity index (χ0n) is 7.23. The SMILES string of the molecule is [B]C(F)(F)C(F)(F)C(F)(F)C(F)(F)C(F)(F)F. The summed E-state index contributed by atoms with van der Waals surface area (Å²) in [6.45, 7) is 0. The lowest BCUT2D eigenvalue weighted by Crippen LogP contribution is -2.66. The van der Waals surface area contributed by atoms with E-state index in [0.717, 1.165) is 0 Å². The average molecular weight is 280 g/mol. The van der Waals surface area contributed by atoms with Gasteiger partial charge < -0.3 is 0 Å². The first-order valence-corrected chi connectivity index (χ1v) is 3.37. The van der Waals surface area contributed by atoms with E-state index in [4.69, 9.17) is 0 Å². The van der Waals surface area contributed by atoms with Crippen molar-refractivity contribution >= 4 is 7.85 Å². The Bertz CT molecular complexity index is 255. The summed E-state index contributed by atoms with van der Waals surface area (Å²) in [5.41, 5.74) is 0. The highest BCUT2D eigenvalue weighted by molar-refractivity contribution is 6.14. The third-order valence-electron chi connectivity index (χ3n) is 1.56. The van der Waals surface area contributed by atoms with Crippen LogP contribution in [0.5, 0.6) is 0 Å². The van der Waals surface area contributed by atoms with E-state index >= 15 is 0 Å². The van der Waals surface area contributed by atoms with Crippen LogP contribution in [-0.2, 0) is 0 Å². The fraction of sp³-hybridized carbons (Fsp3) is 1.00. The second-order valence-electron chi connectivity index (χ2n) is 2.84. The minimum atomic E-state index is -7.41. The highest BCUT2D eigenvalue weighted by atomic mass is 19.4. The van der Waals surface area contributed by atoms with Crippen molar-refractivity contribution in [2.45, 2.75) is 29.8 Å². The molecule has 12 heteroatoms. The van der Waals surface area contributed by atoms with Crippen LogP contribution in [0.25, 0.3) is 0 Å². The second kappa shape index (κ2) is 3.64. The van der Waals surface area contributed by atoms with Gasteiger partial charge in [0.15, 0.2) is 7.85 Å². The van der Waals surface area contributed by atoms with E-state index in [1.165, 1.54) is 0 Å². The van der Waals surface area contributed by atoms with E-state index < -0.39 is 29.8 Å². The van der Waals surface area contributed by atoms with Crippen molar-refractivity contribution in [3.8, 4) is 0 Å². The summed E-state index contributed by atoms with van der Waals surface area (Å²) in [7, 11) is 3.18. The second-order valence-corrected chi connectivity index (χ2v) is 2.84. The number of alkyl halides is 11. The molecule has 0 saturated carbocycles. The Morgan fingerprint density at radius 3 is 0.941 bits per heavy atom. The quantitative estimate of drug-likeness (QED) is 0.550. The summed E-state index contributed by atoms with van der Waals surface area (Å²) in [4.78, 5) is 0. The summed E-state index contributed by atoms with van der Waals surface area (Å²) >= 11 is 0. The van der Waals surface area contributed by atoms with Crippen molar-refractivity contribution in [1.82, 2.24) is 0 Å². The number of hydrogen-bond donors (Lipinski definition) is 0. The largest absolute Gasteiger partial charge is 0.460 e. The van der Waals surface area contributed by atoms with Crippen LogP contribution in [-0.4, -0.2) is 37.6 Å². The molecule has 0 aliphatic heterocycles. The average Bonchev–Trinajstić information content (AvgIpc) is 1.98. The zero-order valence-corrected chi connectivity index (χ0v) is 7.23. The van der Waals surface area contributed by atoms with E-state index in [2.05, 4.69) is 7.85 Å². The zero-order chi connectivity index (χ0) is 14.5. The molecule has 0 aliphatic carbocycles. The lowest BCUT2D eigenvalue weighted by atomic mass is 9.86. The molecule has 17 heavy (non-hydrogen) atoms. The molecule has 0 bridgehead atoms. The summed E-state index contributed by atoms with van der Waals surface area (Å²) in [6, 6.07) is 0. The number of rotatable bonds is 3. The van der Waals surface area contributed by atoms with Gasteiger partial charge in [0.05, 0.1) is 0 Å². The van der Waals surface area contributed by atoms with Gasteiger partial charge in [-0.3, -0.25) is 0 Å². The fourth-order valence-corrected chi connectivity index (χ4v) is 0.584. The molecule has 0 atom stereocenters. The molecule has 0 amide bonds. The third kappa shape index (κ3) is 2.17. The molecule has 0 aromatic rings. The van der Waals surface area contributed by atoms with Crippen LogP contribution in [0.15, 0.2) is 0 Å². The molecule has 100 valence electrons. The summed E-state index contributed by atoms with van der Waals surface area (Å²) in [6.07, 6.45) is -7.15. The Morgan fingerprint density at radius 1 is 0.471 bits per heavy atom. The van der Waals surface area contributed by atoms with Crippen molar-refractivity contribution < 1.29 is 48.3 Å². The van der Waals surface area contributed by atoms with Crippen LogP contribution in [0.2, 0.25) is 0 Å². The lowest BCUT2D eigenvalue weighted by molar-refractivity contribution is -0.413. The van der Waals surface area contributed by atoms with Gasteiger partial charge >= 0.3 is 23.9 Å². The van der Waals surface area contributed by atoms with Crippen LogP contribution in [0, 0.1) is 0 Å². The van der Waals surface area contributed by atoms with E-state index in [-0.39, 0.29) is 0 Å². The summed E-state index contributed by atoms with van der Waals surface area (Å²) in [5.74, 6) is -28.1. The highest BCUT2D eigenvalue weighted by Crippen LogP contribution is 2.56. The molecular weight excluding hydrogens is 280 g/mol. The van der Waals surface area contributed by atoms with Crippen LogP contribution in [0.1, 0.15) is 0 Å². The first-order valence-electron chi connectivity index (χ1n) is 3.37. The van der Waals surface area contributed by atoms with Crippen molar-refractivity contribution in [3.63, 3.8) is 0 Å². The third-order valence-corrected chi connectivity index (χ3v) is 1.56. The van der Waals surface area contributed by atoms with Crippen molar-refractivity contribution in [3.05, 3.63) is 0 Å². The standard InChI is InChI=1S/C5BF11/c6-4(13,14)2(9,10)1(7,8)3(11,12)5(15,16)17. The molecule has 0 aromatic carbocycles. The van der Waals surface area contributed by atoms with Crippen LogP contribution in [0.4, 0.5) is 48.3 Å². The first kappa shape index (κ1) is 16.3. The first-order chi connectivity index (χ1) is 7.00. The molecular formula is C5BF11. The van der Waals surface area contributed by atoms with Gasteiger partial charge in [-0.1, -0.05) is 0 Å².